The van der Waals surface area contributed by atoms with Crippen LogP contribution in [-0.2, 0) is 20.0 Å². The summed E-state index contributed by atoms with van der Waals surface area (Å²) in [5, 5.41) is 8.45. The van der Waals surface area contributed by atoms with Crippen molar-refractivity contribution in [3.63, 3.8) is 0 Å². The zero-order valence-corrected chi connectivity index (χ0v) is 13.2. The van der Waals surface area contributed by atoms with Crippen molar-refractivity contribution in [1.29, 1.82) is 0 Å². The second-order valence-electron chi connectivity index (χ2n) is 4.90. The molecule has 0 amide bonds. The maximum absolute atomic E-state index is 6.23. The van der Waals surface area contributed by atoms with Crippen LogP contribution in [0.3, 0.4) is 0 Å². The van der Waals surface area contributed by atoms with Gasteiger partial charge in [-0.15, -0.1) is 11.6 Å². The molecule has 0 saturated carbocycles. The average Bonchev–Trinajstić information content (AvgIpc) is 2.70. The van der Waals surface area contributed by atoms with E-state index in [2.05, 4.69) is 22.5 Å². The number of rotatable bonds is 6. The van der Waals surface area contributed by atoms with Gasteiger partial charge in [-0.3, -0.25) is 4.68 Å². The van der Waals surface area contributed by atoms with E-state index in [4.69, 9.17) is 23.2 Å². The Kier molecular flexibility index (Phi) is 5.46. The Balaban J connectivity index is 1.97. The third-order valence-electron chi connectivity index (χ3n) is 3.35. The maximum Gasteiger partial charge on any atom is 0.131 e. The highest BCUT2D eigenvalue weighted by Crippen LogP contribution is 2.18. The summed E-state index contributed by atoms with van der Waals surface area (Å²) in [4.78, 5) is 0. The van der Waals surface area contributed by atoms with Gasteiger partial charge in [0, 0.05) is 31.1 Å². The van der Waals surface area contributed by atoms with Crippen molar-refractivity contribution in [2.24, 2.45) is 7.05 Å². The molecule has 1 aromatic heterocycles. The summed E-state index contributed by atoms with van der Waals surface area (Å²) in [7, 11) is 1.85. The van der Waals surface area contributed by atoms with Gasteiger partial charge in [-0.1, -0.05) is 41.9 Å². The van der Waals surface area contributed by atoms with Crippen molar-refractivity contribution < 1.29 is 0 Å². The minimum absolute atomic E-state index is 0.217. The van der Waals surface area contributed by atoms with Gasteiger partial charge in [0.15, 0.2) is 0 Å². The lowest BCUT2D eigenvalue weighted by Gasteiger charge is -2.16. The number of hydrogen-bond acceptors (Lipinski definition) is 2. The predicted molar refractivity (Wildman–Crippen MR) is 84.4 cm³/mol. The fraction of sp³-hybridized carbons (Fsp3) is 0.400. The fourth-order valence-electron chi connectivity index (χ4n) is 2.20. The first-order valence-electron chi connectivity index (χ1n) is 6.63. The Morgan fingerprint density at radius 2 is 2.00 bits per heavy atom. The molecule has 1 aromatic carbocycles. The molecule has 20 heavy (non-hydrogen) atoms. The lowest BCUT2D eigenvalue weighted by atomic mass is 10.1. The number of alkyl halides is 1. The molecule has 2 rings (SSSR count). The zero-order chi connectivity index (χ0) is 14.5. The summed E-state index contributed by atoms with van der Waals surface area (Å²) in [6, 6.07) is 10.6. The molecule has 3 nitrogen and oxygen atoms in total. The van der Waals surface area contributed by atoms with Crippen LogP contribution >= 0.6 is 23.2 Å². The number of aromatic nitrogens is 2. The van der Waals surface area contributed by atoms with E-state index < -0.39 is 0 Å². The SMILES string of the molecule is Cc1nn(C)c(Cl)c1CNC(CCl)Cc1ccccc1. The molecular weight excluding hydrogens is 293 g/mol. The summed E-state index contributed by atoms with van der Waals surface area (Å²) in [6.45, 7) is 2.65. The van der Waals surface area contributed by atoms with Crippen molar-refractivity contribution in [3.8, 4) is 0 Å². The van der Waals surface area contributed by atoms with Gasteiger partial charge in [-0.2, -0.15) is 5.10 Å². The fourth-order valence-corrected chi connectivity index (χ4v) is 2.66. The summed E-state index contributed by atoms with van der Waals surface area (Å²) in [6.07, 6.45) is 0.904. The number of nitrogens with zero attached hydrogens (tertiary/aromatic N) is 2. The molecule has 0 aliphatic heterocycles. The van der Waals surface area contributed by atoms with Gasteiger partial charge in [0.2, 0.25) is 0 Å². The van der Waals surface area contributed by atoms with E-state index in [1.165, 1.54) is 5.56 Å². The third-order valence-corrected chi connectivity index (χ3v) is 4.19. The molecule has 0 bridgehead atoms. The number of benzene rings is 1. The van der Waals surface area contributed by atoms with E-state index in [1.54, 1.807) is 4.68 Å². The van der Waals surface area contributed by atoms with E-state index in [0.29, 0.717) is 17.6 Å². The first-order chi connectivity index (χ1) is 9.61. The molecule has 0 radical (unpaired) electrons. The number of nitrogens with one attached hydrogen (secondary N) is 1. The van der Waals surface area contributed by atoms with Crippen LogP contribution in [0.4, 0.5) is 0 Å². The van der Waals surface area contributed by atoms with Crippen molar-refractivity contribution in [2.45, 2.75) is 25.9 Å². The second-order valence-corrected chi connectivity index (χ2v) is 5.57. The highest BCUT2D eigenvalue weighted by molar-refractivity contribution is 6.30. The van der Waals surface area contributed by atoms with Gasteiger partial charge >= 0.3 is 0 Å². The molecule has 0 aliphatic rings. The van der Waals surface area contributed by atoms with E-state index in [-0.39, 0.29) is 6.04 Å². The Labute approximate surface area is 129 Å². The van der Waals surface area contributed by atoms with E-state index >= 15 is 0 Å². The minimum atomic E-state index is 0.217. The van der Waals surface area contributed by atoms with E-state index in [9.17, 15) is 0 Å². The van der Waals surface area contributed by atoms with Gasteiger partial charge in [0.25, 0.3) is 0 Å². The largest absolute Gasteiger partial charge is 0.308 e. The molecule has 1 unspecified atom stereocenters. The summed E-state index contributed by atoms with van der Waals surface area (Å²) >= 11 is 12.3. The van der Waals surface area contributed by atoms with Crippen LogP contribution in [0.5, 0.6) is 0 Å². The Morgan fingerprint density at radius 3 is 2.55 bits per heavy atom. The van der Waals surface area contributed by atoms with E-state index in [0.717, 1.165) is 17.7 Å². The predicted octanol–water partition coefficient (Wildman–Crippen LogP) is 3.32. The highest BCUT2D eigenvalue weighted by Gasteiger charge is 2.13. The normalized spacial score (nSPS) is 12.6. The van der Waals surface area contributed by atoms with Crippen LogP contribution in [0.2, 0.25) is 5.15 Å². The first kappa shape index (κ1) is 15.4. The van der Waals surface area contributed by atoms with Crippen LogP contribution in [0.25, 0.3) is 0 Å². The molecule has 108 valence electrons. The van der Waals surface area contributed by atoms with Gasteiger partial charge in [0.05, 0.1) is 5.69 Å². The molecule has 1 atom stereocenters. The maximum atomic E-state index is 6.23. The van der Waals surface area contributed by atoms with Gasteiger partial charge in [0.1, 0.15) is 5.15 Å². The first-order valence-corrected chi connectivity index (χ1v) is 7.54. The molecule has 5 heteroatoms. The lowest BCUT2D eigenvalue weighted by Crippen LogP contribution is -2.32. The topological polar surface area (TPSA) is 29.9 Å². The summed E-state index contributed by atoms with van der Waals surface area (Å²) in [5.74, 6) is 0.561. The van der Waals surface area contributed by atoms with Crippen molar-refractivity contribution in [3.05, 3.63) is 52.3 Å². The monoisotopic (exact) mass is 311 g/mol. The summed E-state index contributed by atoms with van der Waals surface area (Å²) < 4.78 is 1.70. The average molecular weight is 312 g/mol. The standard InChI is InChI=1S/C15H19Cl2N3/c1-11-14(15(17)20(2)19-11)10-18-13(9-16)8-12-6-4-3-5-7-12/h3-7,13,18H,8-10H2,1-2H3. The Bertz CT molecular complexity index is 552. The smallest absolute Gasteiger partial charge is 0.131 e. The molecule has 1 heterocycles. The van der Waals surface area contributed by atoms with Gasteiger partial charge < -0.3 is 5.32 Å². The molecule has 1 N–H and O–H groups in total. The van der Waals surface area contributed by atoms with Crippen LogP contribution in [0.15, 0.2) is 30.3 Å². The third kappa shape index (κ3) is 3.75. The summed E-state index contributed by atoms with van der Waals surface area (Å²) in [5.41, 5.74) is 3.27. The number of hydrogen-bond donors (Lipinski definition) is 1. The Hall–Kier alpha value is -1.03. The van der Waals surface area contributed by atoms with Gasteiger partial charge in [-0.05, 0) is 18.9 Å². The molecule has 0 aliphatic carbocycles. The van der Waals surface area contributed by atoms with Crippen LogP contribution in [0, 0.1) is 6.92 Å². The van der Waals surface area contributed by atoms with Crippen LogP contribution < -0.4 is 5.32 Å². The highest BCUT2D eigenvalue weighted by atomic mass is 35.5. The lowest BCUT2D eigenvalue weighted by molar-refractivity contribution is 0.549. The quantitative estimate of drug-likeness (QED) is 0.829. The second kappa shape index (κ2) is 7.11. The van der Waals surface area contributed by atoms with Crippen LogP contribution in [-0.4, -0.2) is 21.7 Å². The minimum Gasteiger partial charge on any atom is -0.308 e. The molecule has 0 spiro atoms. The van der Waals surface area contributed by atoms with Gasteiger partial charge in [-0.25, -0.2) is 0 Å². The van der Waals surface area contributed by atoms with Crippen molar-refractivity contribution in [2.75, 3.05) is 5.88 Å². The number of aryl methyl sites for hydroxylation is 2. The molecule has 0 saturated heterocycles. The van der Waals surface area contributed by atoms with Crippen molar-refractivity contribution in [1.82, 2.24) is 15.1 Å². The molecule has 2 aromatic rings. The van der Waals surface area contributed by atoms with Crippen LogP contribution in [0.1, 0.15) is 16.8 Å². The van der Waals surface area contributed by atoms with E-state index in [1.807, 2.05) is 32.2 Å². The molecule has 0 fully saturated rings. The number of halogens is 2. The Morgan fingerprint density at radius 1 is 1.30 bits per heavy atom. The zero-order valence-electron chi connectivity index (χ0n) is 11.7. The van der Waals surface area contributed by atoms with Crippen molar-refractivity contribution >= 4 is 23.2 Å². The molecular formula is C15H19Cl2N3.